The highest BCUT2D eigenvalue weighted by Gasteiger charge is 2.26. The highest BCUT2D eigenvalue weighted by molar-refractivity contribution is 7.89. The zero-order valence-electron chi connectivity index (χ0n) is 20.5. The summed E-state index contributed by atoms with van der Waals surface area (Å²) in [4.78, 5) is 8.44. The summed E-state index contributed by atoms with van der Waals surface area (Å²) in [6.45, 7) is 6.37. The van der Waals surface area contributed by atoms with E-state index in [-0.39, 0.29) is 32.2 Å². The number of alkyl halides is 1. The van der Waals surface area contributed by atoms with Crippen LogP contribution in [-0.2, 0) is 27.6 Å². The van der Waals surface area contributed by atoms with E-state index in [9.17, 15) is 13.7 Å². The monoisotopic (exact) mass is 563 g/mol. The van der Waals surface area contributed by atoms with E-state index < -0.39 is 15.3 Å². The topological polar surface area (TPSA) is 102 Å². The molecule has 0 atom stereocenters. The van der Waals surface area contributed by atoms with Crippen LogP contribution >= 0.6 is 23.2 Å². The van der Waals surface area contributed by atoms with Gasteiger partial charge < -0.3 is 9.47 Å². The maximum absolute atomic E-state index is 11.6. The second kappa shape index (κ2) is 12.6. The summed E-state index contributed by atoms with van der Waals surface area (Å²) < 4.78 is 34.6. The smallest absolute Gasteiger partial charge is 0.155 e. The molecule has 0 amide bonds. The van der Waals surface area contributed by atoms with Crippen molar-refractivity contribution in [2.75, 3.05) is 18.7 Å². The molecular formula is C27H31Cl2N3O4S. The van der Waals surface area contributed by atoms with Crippen LogP contribution in [0.5, 0.6) is 11.5 Å². The molecule has 0 bridgehead atoms. The third-order valence-corrected chi connectivity index (χ3v) is 6.90. The van der Waals surface area contributed by atoms with Crippen LogP contribution < -0.4 is 9.47 Å². The quantitative estimate of drug-likeness (QED) is 0.278. The van der Waals surface area contributed by atoms with Gasteiger partial charge in [-0.25, -0.2) is 18.4 Å². The number of hydrogen-bond acceptors (Lipinski definition) is 7. The van der Waals surface area contributed by atoms with E-state index in [0.29, 0.717) is 33.7 Å². The first-order chi connectivity index (χ1) is 16.9. The molecule has 1 heterocycles. The number of aromatic nitrogens is 2. The maximum Gasteiger partial charge on any atom is 0.155 e. The molecule has 0 unspecified atom stereocenters. The fourth-order valence-corrected chi connectivity index (χ4v) is 4.54. The van der Waals surface area contributed by atoms with Crippen LogP contribution in [0, 0.1) is 18.3 Å². The Morgan fingerprint density at radius 2 is 1.78 bits per heavy atom. The number of aryl methyl sites for hydroxylation is 1. The molecule has 0 radical (unpaired) electrons. The number of nitriles is 1. The third kappa shape index (κ3) is 7.81. The van der Waals surface area contributed by atoms with Crippen molar-refractivity contribution < 1.29 is 17.9 Å². The number of rotatable bonds is 10. The largest absolute Gasteiger partial charge is 0.489 e. The van der Waals surface area contributed by atoms with E-state index >= 15 is 0 Å². The average Bonchev–Trinajstić information content (AvgIpc) is 2.82. The lowest BCUT2D eigenvalue weighted by atomic mass is 9.77. The van der Waals surface area contributed by atoms with Crippen molar-refractivity contribution in [3.8, 4) is 17.6 Å². The molecule has 0 aliphatic carbocycles. The molecule has 0 fully saturated rings. The molecule has 198 valence electrons. The minimum absolute atomic E-state index is 0. The molecule has 37 heavy (non-hydrogen) atoms. The molecule has 0 spiro atoms. The Hall–Kier alpha value is -2.86. The van der Waals surface area contributed by atoms with Crippen LogP contribution in [0.3, 0.4) is 0 Å². The Bertz CT molecular complexity index is 1390. The lowest BCUT2D eigenvalue weighted by Gasteiger charge is -2.27. The molecular weight excluding hydrogens is 533 g/mol. The van der Waals surface area contributed by atoms with E-state index in [2.05, 4.69) is 16.0 Å². The second-order valence-corrected chi connectivity index (χ2v) is 11.8. The zero-order chi connectivity index (χ0) is 26.5. The molecule has 3 aromatic rings. The summed E-state index contributed by atoms with van der Waals surface area (Å²) in [7, 11) is -3.23. The molecule has 3 rings (SSSR count). The molecule has 2 aromatic carbocycles. The van der Waals surface area contributed by atoms with Crippen molar-refractivity contribution in [1.29, 1.82) is 5.26 Å². The molecule has 0 saturated carbocycles. The van der Waals surface area contributed by atoms with Gasteiger partial charge in [-0.2, -0.15) is 5.26 Å². The molecule has 0 aliphatic rings. The van der Waals surface area contributed by atoms with Gasteiger partial charge in [0.25, 0.3) is 0 Å². The van der Waals surface area contributed by atoms with Crippen LogP contribution in [0.25, 0.3) is 0 Å². The number of halogens is 2. The Labute approximate surface area is 229 Å². The van der Waals surface area contributed by atoms with Crippen molar-refractivity contribution in [1.82, 2.24) is 9.97 Å². The van der Waals surface area contributed by atoms with Gasteiger partial charge in [0.05, 0.1) is 22.2 Å². The summed E-state index contributed by atoms with van der Waals surface area (Å²) in [5, 5.41) is 9.97. The summed E-state index contributed by atoms with van der Waals surface area (Å²) in [6, 6.07) is 13.4. The van der Waals surface area contributed by atoms with E-state index in [4.69, 9.17) is 32.7 Å². The lowest BCUT2D eigenvalue weighted by molar-refractivity contribution is 0.299. The molecule has 1 aromatic heterocycles. The van der Waals surface area contributed by atoms with Crippen molar-refractivity contribution in [2.24, 2.45) is 0 Å². The number of nitrogens with zero attached hydrogens (tertiary/aromatic N) is 3. The summed E-state index contributed by atoms with van der Waals surface area (Å²) in [6.07, 6.45) is 2.75. The SMILES string of the molecule is C.Cc1cnc(CS(C)(=O)=O)nc1COc1ccc(C(C)(C)c2cc(Cl)c(OCCCl)c(C#N)c2)cc1. The molecule has 0 saturated heterocycles. The normalized spacial score (nSPS) is 11.4. The lowest BCUT2D eigenvalue weighted by Crippen LogP contribution is -2.19. The Kier molecular flexibility index (Phi) is 10.3. The minimum atomic E-state index is -3.23. The predicted molar refractivity (Wildman–Crippen MR) is 147 cm³/mol. The number of ether oxygens (including phenoxy) is 2. The van der Waals surface area contributed by atoms with Crippen LogP contribution in [0.2, 0.25) is 5.02 Å². The van der Waals surface area contributed by atoms with Gasteiger partial charge in [-0.1, -0.05) is 45.0 Å². The van der Waals surface area contributed by atoms with E-state index in [1.54, 1.807) is 12.3 Å². The Balaban J connectivity index is 0.00000481. The number of benzene rings is 2. The van der Waals surface area contributed by atoms with Gasteiger partial charge in [-0.05, 0) is 47.9 Å². The number of sulfone groups is 1. The van der Waals surface area contributed by atoms with Gasteiger partial charge in [0, 0.05) is 17.9 Å². The van der Waals surface area contributed by atoms with Crippen LogP contribution in [-0.4, -0.2) is 37.1 Å². The maximum atomic E-state index is 11.6. The first kappa shape index (κ1) is 30.4. The molecule has 0 N–H and O–H groups in total. The highest BCUT2D eigenvalue weighted by Crippen LogP contribution is 2.38. The Morgan fingerprint density at radius 3 is 2.38 bits per heavy atom. The third-order valence-electron chi connectivity index (χ3n) is 5.68. The van der Waals surface area contributed by atoms with Crippen LogP contribution in [0.4, 0.5) is 0 Å². The van der Waals surface area contributed by atoms with E-state index in [0.717, 1.165) is 22.9 Å². The molecule has 7 nitrogen and oxygen atoms in total. The first-order valence-electron chi connectivity index (χ1n) is 11.1. The van der Waals surface area contributed by atoms with E-state index in [1.807, 2.05) is 51.1 Å². The van der Waals surface area contributed by atoms with Crippen LogP contribution in [0.15, 0.2) is 42.6 Å². The summed E-state index contributed by atoms with van der Waals surface area (Å²) in [5.41, 5.74) is 3.20. The highest BCUT2D eigenvalue weighted by atomic mass is 35.5. The zero-order valence-corrected chi connectivity index (χ0v) is 22.8. The minimum Gasteiger partial charge on any atom is -0.489 e. The first-order valence-corrected chi connectivity index (χ1v) is 14.1. The van der Waals surface area contributed by atoms with Gasteiger partial charge in [0.15, 0.2) is 15.6 Å². The molecule has 10 heteroatoms. The van der Waals surface area contributed by atoms with Crippen molar-refractivity contribution in [2.45, 2.75) is 46.0 Å². The fourth-order valence-electron chi connectivity index (χ4n) is 3.58. The van der Waals surface area contributed by atoms with Gasteiger partial charge in [-0.3, -0.25) is 0 Å². The van der Waals surface area contributed by atoms with Crippen LogP contribution in [0.1, 0.15) is 55.0 Å². The van der Waals surface area contributed by atoms with Gasteiger partial charge in [-0.15, -0.1) is 11.6 Å². The Morgan fingerprint density at radius 1 is 1.11 bits per heavy atom. The van der Waals surface area contributed by atoms with Gasteiger partial charge in [0.2, 0.25) is 0 Å². The van der Waals surface area contributed by atoms with Gasteiger partial charge in [0.1, 0.15) is 36.6 Å². The number of hydrogen-bond donors (Lipinski definition) is 0. The van der Waals surface area contributed by atoms with Crippen molar-refractivity contribution in [3.63, 3.8) is 0 Å². The van der Waals surface area contributed by atoms with Crippen molar-refractivity contribution in [3.05, 3.63) is 81.4 Å². The second-order valence-electron chi connectivity index (χ2n) is 8.91. The van der Waals surface area contributed by atoms with E-state index in [1.165, 1.54) is 0 Å². The van der Waals surface area contributed by atoms with Gasteiger partial charge >= 0.3 is 0 Å². The standard InChI is InChI=1S/C26H27Cl2N3O4S.CH4/c1-17-14-30-24(16-36(4,32)33)31-23(17)15-35-21-7-5-19(6-8-21)26(2,3)20-11-18(13-29)25(22(28)12-20)34-10-9-27;/h5-8,11-12,14H,9-10,15-16H2,1-4H3;1H4. The van der Waals surface area contributed by atoms with Crippen molar-refractivity contribution >= 4 is 33.0 Å². The summed E-state index contributed by atoms with van der Waals surface area (Å²) in [5.74, 6) is 1.29. The fraction of sp³-hybridized carbons (Fsp3) is 0.370. The average molecular weight is 565 g/mol. The molecule has 0 aliphatic heterocycles. The predicted octanol–water partition coefficient (Wildman–Crippen LogP) is 6.01. The summed E-state index contributed by atoms with van der Waals surface area (Å²) >= 11 is 12.1.